The third-order valence-corrected chi connectivity index (χ3v) is 8.03. The molecular formula is C18H14F10O3S2. The zero-order valence-corrected chi connectivity index (χ0v) is 17.7. The molecule has 2 aromatic rings. The molecule has 2 aromatic carbocycles. The second-order valence-corrected chi connectivity index (χ2v) is 10.5. The molecule has 3 nitrogen and oxygen atoms in total. The average molecular weight is 532 g/mol. The molecule has 186 valence electrons. The van der Waals surface area contributed by atoms with Crippen molar-refractivity contribution in [3.05, 3.63) is 42.2 Å². The van der Waals surface area contributed by atoms with Gasteiger partial charge in [-0.25, -0.2) is 12.8 Å². The van der Waals surface area contributed by atoms with Crippen molar-refractivity contribution in [1.82, 2.24) is 0 Å². The van der Waals surface area contributed by atoms with E-state index in [2.05, 4.69) is 6.07 Å². The Morgan fingerprint density at radius 1 is 0.758 bits per heavy atom. The van der Waals surface area contributed by atoms with Crippen LogP contribution in [0, 0.1) is 5.82 Å². The summed E-state index contributed by atoms with van der Waals surface area (Å²) in [5, 5.41) is -5.22. The lowest BCUT2D eigenvalue weighted by Gasteiger charge is -2.34. The van der Waals surface area contributed by atoms with E-state index >= 15 is 0 Å². The number of hydrogen-bond donors (Lipinski definition) is 0. The van der Waals surface area contributed by atoms with Gasteiger partial charge in [0.2, 0.25) is 0 Å². The van der Waals surface area contributed by atoms with Crippen LogP contribution in [0.1, 0.15) is 12.8 Å². The SMILES string of the molecule is Fc1ccc([S+]2CCCC2)c2ccccc12.O=S(=O)([O-])C(F)(F)C(F)(F)C(F)(F)C(F)(F)F. The summed E-state index contributed by atoms with van der Waals surface area (Å²) in [6, 6.07) is 11.5. The molecule has 0 saturated carbocycles. The van der Waals surface area contributed by atoms with Gasteiger partial charge in [0, 0.05) is 21.7 Å². The largest absolute Gasteiger partial charge is 0.743 e. The molecule has 1 heterocycles. The Kier molecular flexibility index (Phi) is 7.61. The molecule has 0 unspecified atom stereocenters. The van der Waals surface area contributed by atoms with Crippen LogP contribution in [0.15, 0.2) is 41.3 Å². The number of rotatable bonds is 4. The maximum atomic E-state index is 13.7. The summed E-state index contributed by atoms with van der Waals surface area (Å²) in [6.07, 6.45) is -4.51. The molecule has 0 spiro atoms. The van der Waals surface area contributed by atoms with Crippen molar-refractivity contribution in [2.75, 3.05) is 11.5 Å². The van der Waals surface area contributed by atoms with Gasteiger partial charge in [0.15, 0.2) is 15.0 Å². The number of benzene rings is 2. The van der Waals surface area contributed by atoms with Gasteiger partial charge in [-0.2, -0.15) is 39.5 Å². The third-order valence-electron chi connectivity index (χ3n) is 4.60. The fraction of sp³-hybridized carbons (Fsp3) is 0.444. The Balaban J connectivity index is 0.000000233. The highest BCUT2D eigenvalue weighted by Crippen LogP contribution is 2.54. The molecule has 0 radical (unpaired) electrons. The molecule has 33 heavy (non-hydrogen) atoms. The zero-order valence-electron chi connectivity index (χ0n) is 16.1. The normalized spacial score (nSPS) is 16.6. The Morgan fingerprint density at radius 2 is 1.24 bits per heavy atom. The minimum absolute atomic E-state index is 0.0952. The zero-order chi connectivity index (χ0) is 25.5. The topological polar surface area (TPSA) is 57.2 Å². The van der Waals surface area contributed by atoms with E-state index in [-0.39, 0.29) is 5.82 Å². The second-order valence-electron chi connectivity index (χ2n) is 6.82. The van der Waals surface area contributed by atoms with Crippen LogP contribution < -0.4 is 0 Å². The van der Waals surface area contributed by atoms with E-state index in [1.165, 1.54) is 29.2 Å². The van der Waals surface area contributed by atoms with Crippen molar-refractivity contribution in [3.8, 4) is 0 Å². The van der Waals surface area contributed by atoms with Crippen LogP contribution in [-0.2, 0) is 21.0 Å². The average Bonchev–Trinajstić information content (AvgIpc) is 3.21. The highest BCUT2D eigenvalue weighted by atomic mass is 32.2. The summed E-state index contributed by atoms with van der Waals surface area (Å²) in [5.41, 5.74) is 0. The van der Waals surface area contributed by atoms with E-state index in [9.17, 15) is 56.9 Å². The third kappa shape index (κ3) is 5.04. The fourth-order valence-electron chi connectivity index (χ4n) is 2.88. The Hall–Kier alpha value is -1.74. The molecular weight excluding hydrogens is 518 g/mol. The van der Waals surface area contributed by atoms with Gasteiger partial charge in [-0.1, -0.05) is 18.2 Å². The Morgan fingerprint density at radius 3 is 1.70 bits per heavy atom. The van der Waals surface area contributed by atoms with Crippen LogP contribution in [0.3, 0.4) is 0 Å². The smallest absolute Gasteiger partial charge is 0.460 e. The lowest BCUT2D eigenvalue weighted by molar-refractivity contribution is -0.382. The van der Waals surface area contributed by atoms with Crippen molar-refractivity contribution < 1.29 is 56.9 Å². The van der Waals surface area contributed by atoms with Crippen LogP contribution >= 0.6 is 0 Å². The van der Waals surface area contributed by atoms with E-state index in [0.29, 0.717) is 10.9 Å². The van der Waals surface area contributed by atoms with Gasteiger partial charge in [-0.15, -0.1) is 0 Å². The van der Waals surface area contributed by atoms with Gasteiger partial charge < -0.3 is 4.55 Å². The van der Waals surface area contributed by atoms with Gasteiger partial charge in [0.05, 0.1) is 0 Å². The quantitative estimate of drug-likeness (QED) is 0.288. The van der Waals surface area contributed by atoms with E-state index < -0.39 is 33.4 Å². The standard InChI is InChI=1S/C14H14FS.C4HF9O3S/c15-13-7-8-14(16-9-3-4-10-16)12-6-2-1-5-11(12)13;5-1(6,3(9,10)11)2(7,8)4(12,13)17(14,15)16/h1-2,5-8H,3-4,9-10H2;(H,14,15,16)/q+1;/p-1. The fourth-order valence-corrected chi connectivity index (χ4v) is 5.82. The van der Waals surface area contributed by atoms with Crippen LogP contribution in [0.2, 0.25) is 0 Å². The van der Waals surface area contributed by atoms with Crippen molar-refractivity contribution in [2.45, 2.75) is 41.0 Å². The molecule has 0 bridgehead atoms. The van der Waals surface area contributed by atoms with E-state index in [1.807, 2.05) is 24.3 Å². The van der Waals surface area contributed by atoms with Gasteiger partial charge in [0.1, 0.15) is 17.3 Å². The molecule has 0 atom stereocenters. The highest BCUT2D eigenvalue weighted by molar-refractivity contribution is 7.97. The van der Waals surface area contributed by atoms with Gasteiger partial charge >= 0.3 is 23.3 Å². The monoisotopic (exact) mass is 532 g/mol. The molecule has 15 heteroatoms. The lowest BCUT2D eigenvalue weighted by atomic mass is 10.1. The molecule has 0 aromatic heterocycles. The van der Waals surface area contributed by atoms with Crippen LogP contribution in [0.5, 0.6) is 0 Å². The van der Waals surface area contributed by atoms with Gasteiger partial charge in [0.25, 0.3) is 0 Å². The van der Waals surface area contributed by atoms with Gasteiger partial charge in [-0.3, -0.25) is 0 Å². The summed E-state index contributed by atoms with van der Waals surface area (Å²) in [5.74, 6) is -12.3. The van der Waals surface area contributed by atoms with E-state index in [4.69, 9.17) is 0 Å². The van der Waals surface area contributed by atoms with Crippen LogP contribution in [0.25, 0.3) is 10.8 Å². The molecule has 1 aliphatic heterocycles. The Bertz CT molecular complexity index is 1090. The number of alkyl halides is 9. The number of hydrogen-bond acceptors (Lipinski definition) is 3. The van der Waals surface area contributed by atoms with E-state index in [0.717, 1.165) is 10.8 Å². The van der Waals surface area contributed by atoms with Crippen molar-refractivity contribution in [3.63, 3.8) is 0 Å². The van der Waals surface area contributed by atoms with Crippen molar-refractivity contribution >= 4 is 31.8 Å². The van der Waals surface area contributed by atoms with E-state index in [1.54, 1.807) is 6.07 Å². The lowest BCUT2D eigenvalue weighted by Crippen LogP contribution is -2.63. The molecule has 1 aliphatic rings. The molecule has 0 N–H and O–H groups in total. The minimum Gasteiger partial charge on any atom is -0.743 e. The Labute approximate surface area is 183 Å². The summed E-state index contributed by atoms with van der Waals surface area (Å²) in [6.45, 7) is 0. The van der Waals surface area contributed by atoms with Gasteiger partial charge in [-0.05, 0) is 31.0 Å². The first kappa shape index (κ1) is 27.5. The molecule has 3 rings (SSSR count). The first-order valence-corrected chi connectivity index (χ1v) is 11.8. The highest BCUT2D eigenvalue weighted by Gasteiger charge is 2.83. The first-order valence-electron chi connectivity index (χ1n) is 8.86. The minimum atomic E-state index is -7.43. The summed E-state index contributed by atoms with van der Waals surface area (Å²) in [4.78, 5) is 1.37. The molecule has 1 saturated heterocycles. The number of fused-ring (bicyclic) bond motifs is 1. The van der Waals surface area contributed by atoms with Crippen LogP contribution in [-0.4, -0.2) is 47.8 Å². The summed E-state index contributed by atoms with van der Waals surface area (Å²) >= 11 is 0. The maximum absolute atomic E-state index is 13.7. The first-order chi connectivity index (χ1) is 14.9. The predicted octanol–water partition coefficient (Wildman–Crippen LogP) is 5.71. The molecule has 1 fully saturated rings. The predicted molar refractivity (Wildman–Crippen MR) is 99.1 cm³/mol. The summed E-state index contributed by atoms with van der Waals surface area (Å²) in [7, 11) is -7.06. The van der Waals surface area contributed by atoms with Crippen LogP contribution in [0.4, 0.5) is 43.9 Å². The molecule has 0 aliphatic carbocycles. The maximum Gasteiger partial charge on any atom is 0.460 e. The van der Waals surface area contributed by atoms with Crippen molar-refractivity contribution in [1.29, 1.82) is 0 Å². The molecule has 0 amide bonds. The summed E-state index contributed by atoms with van der Waals surface area (Å²) < 4.78 is 149. The van der Waals surface area contributed by atoms with Crippen molar-refractivity contribution in [2.24, 2.45) is 0 Å². The number of halogens is 10. The second kappa shape index (κ2) is 9.13.